The average Bonchev–Trinajstić information content (AvgIpc) is 2.78. The molecule has 0 bridgehead atoms. The van der Waals surface area contributed by atoms with Crippen LogP contribution in [0.5, 0.6) is 5.75 Å². The van der Waals surface area contributed by atoms with E-state index >= 15 is 0 Å². The van der Waals surface area contributed by atoms with Gasteiger partial charge >= 0.3 is 0 Å². The van der Waals surface area contributed by atoms with Crippen molar-refractivity contribution < 1.29 is 9.53 Å². The molecule has 1 heterocycles. The number of azide groups is 1. The maximum atomic E-state index is 13.0. The highest BCUT2D eigenvalue weighted by molar-refractivity contribution is 6.33. The monoisotopic (exact) mass is 440 g/mol. The van der Waals surface area contributed by atoms with Gasteiger partial charge in [-0.25, -0.2) is 0 Å². The molecule has 31 heavy (non-hydrogen) atoms. The normalized spacial score (nSPS) is 14.4. The fraction of sp³-hybridized carbons (Fsp3) is 0.458. The van der Waals surface area contributed by atoms with Crippen LogP contribution < -0.4 is 4.74 Å². The van der Waals surface area contributed by atoms with Crippen molar-refractivity contribution in [3.05, 3.63) is 63.5 Å². The van der Waals surface area contributed by atoms with Gasteiger partial charge in [0.05, 0.1) is 6.61 Å². The van der Waals surface area contributed by atoms with E-state index in [1.165, 1.54) is 0 Å². The molecule has 0 N–H and O–H groups in total. The summed E-state index contributed by atoms with van der Waals surface area (Å²) in [5.41, 5.74) is 10.8. The van der Waals surface area contributed by atoms with Crippen LogP contribution in [0, 0.1) is 11.8 Å². The number of hydrogen-bond donors (Lipinski definition) is 0. The predicted octanol–water partition coefficient (Wildman–Crippen LogP) is 6.59. The zero-order chi connectivity index (χ0) is 22.2. The molecule has 0 aromatic heterocycles. The summed E-state index contributed by atoms with van der Waals surface area (Å²) in [4.78, 5) is 17.6. The summed E-state index contributed by atoms with van der Waals surface area (Å²) in [5.74, 6) is 1.70. The van der Waals surface area contributed by atoms with Gasteiger partial charge < -0.3 is 9.64 Å². The number of ether oxygens (including phenoxy) is 1. The maximum absolute atomic E-state index is 13.0. The summed E-state index contributed by atoms with van der Waals surface area (Å²) < 4.78 is 6.00. The van der Waals surface area contributed by atoms with Crippen LogP contribution in [-0.2, 0) is 0 Å². The van der Waals surface area contributed by atoms with E-state index in [2.05, 4.69) is 23.9 Å². The molecule has 0 unspecified atom stereocenters. The minimum absolute atomic E-state index is 0.0165. The van der Waals surface area contributed by atoms with Crippen LogP contribution in [0.15, 0.2) is 47.6 Å². The third-order valence-electron chi connectivity index (χ3n) is 5.65. The SMILES string of the molecule is CC(C)CCOc1ccccc1-c1ccc(C(=O)N2CCC(CN=[N+]=[N-])CC2)cc1Cl. The standard InChI is InChI=1S/C24H29ClN4O2/c1-17(2)11-14-31-23-6-4-3-5-21(23)20-8-7-19(15-22(20)25)24(30)29-12-9-18(10-13-29)16-27-28-26/h3-8,15,17-18H,9-14,16H2,1-2H3. The summed E-state index contributed by atoms with van der Waals surface area (Å²) in [6, 6.07) is 13.3. The molecule has 7 heteroatoms. The van der Waals surface area contributed by atoms with Crippen LogP contribution in [0.1, 0.15) is 43.5 Å². The molecule has 2 aromatic rings. The summed E-state index contributed by atoms with van der Waals surface area (Å²) in [7, 11) is 0. The molecule has 1 aliphatic rings. The molecular formula is C24H29ClN4O2. The van der Waals surface area contributed by atoms with Crippen molar-refractivity contribution in [2.75, 3.05) is 26.2 Å². The molecule has 0 radical (unpaired) electrons. The van der Waals surface area contributed by atoms with E-state index in [1.807, 2.05) is 41.3 Å². The number of piperidine rings is 1. The van der Waals surface area contributed by atoms with Gasteiger partial charge in [0.15, 0.2) is 0 Å². The van der Waals surface area contributed by atoms with E-state index < -0.39 is 0 Å². The Morgan fingerprint density at radius 2 is 1.97 bits per heavy atom. The molecule has 164 valence electrons. The lowest BCUT2D eigenvalue weighted by molar-refractivity contribution is 0.0693. The highest BCUT2D eigenvalue weighted by atomic mass is 35.5. The molecule has 0 aliphatic carbocycles. The summed E-state index contributed by atoms with van der Waals surface area (Å²) in [6.07, 6.45) is 2.67. The molecule has 1 amide bonds. The van der Waals surface area contributed by atoms with E-state index in [0.29, 0.717) is 48.7 Å². The second-order valence-corrected chi connectivity index (χ2v) is 8.78. The van der Waals surface area contributed by atoms with Crippen molar-refractivity contribution in [3.8, 4) is 16.9 Å². The van der Waals surface area contributed by atoms with Gasteiger partial charge in [0.2, 0.25) is 0 Å². The summed E-state index contributed by atoms with van der Waals surface area (Å²) in [5, 5.41) is 4.19. The maximum Gasteiger partial charge on any atom is 0.253 e. The molecule has 1 fully saturated rings. The number of carbonyl (C=O) groups excluding carboxylic acids is 1. The van der Waals surface area contributed by atoms with Crippen LogP contribution in [0.4, 0.5) is 0 Å². The van der Waals surface area contributed by atoms with Crippen molar-refractivity contribution in [3.63, 3.8) is 0 Å². The third kappa shape index (κ3) is 6.16. The molecule has 2 aromatic carbocycles. The van der Waals surface area contributed by atoms with Gasteiger partial charge in [-0.3, -0.25) is 4.79 Å². The Morgan fingerprint density at radius 3 is 2.65 bits per heavy atom. The Bertz CT molecular complexity index is 948. The predicted molar refractivity (Wildman–Crippen MR) is 124 cm³/mol. The van der Waals surface area contributed by atoms with Crippen molar-refractivity contribution in [1.29, 1.82) is 0 Å². The van der Waals surface area contributed by atoms with Gasteiger partial charge in [-0.1, -0.05) is 54.8 Å². The first-order valence-electron chi connectivity index (χ1n) is 10.8. The van der Waals surface area contributed by atoms with Crippen LogP contribution in [0.3, 0.4) is 0 Å². The van der Waals surface area contributed by atoms with Gasteiger partial charge in [0, 0.05) is 46.3 Å². The Hall–Kier alpha value is -2.69. The Balaban J connectivity index is 1.71. The first kappa shape index (κ1) is 23.0. The minimum atomic E-state index is -0.0165. The lowest BCUT2D eigenvalue weighted by Crippen LogP contribution is -2.39. The molecule has 1 saturated heterocycles. The zero-order valence-corrected chi connectivity index (χ0v) is 18.9. The summed E-state index contributed by atoms with van der Waals surface area (Å²) >= 11 is 6.61. The van der Waals surface area contributed by atoms with Crippen LogP contribution >= 0.6 is 11.6 Å². The van der Waals surface area contributed by atoms with Gasteiger partial charge in [0.1, 0.15) is 5.75 Å². The Morgan fingerprint density at radius 1 is 1.23 bits per heavy atom. The molecule has 1 aliphatic heterocycles. The zero-order valence-electron chi connectivity index (χ0n) is 18.1. The third-order valence-corrected chi connectivity index (χ3v) is 5.96. The lowest BCUT2D eigenvalue weighted by Gasteiger charge is -2.31. The minimum Gasteiger partial charge on any atom is -0.493 e. The van der Waals surface area contributed by atoms with E-state index in [4.69, 9.17) is 21.9 Å². The van der Waals surface area contributed by atoms with Gasteiger partial charge in [-0.15, -0.1) is 0 Å². The van der Waals surface area contributed by atoms with Gasteiger partial charge in [-0.05, 0) is 54.8 Å². The number of benzene rings is 2. The largest absolute Gasteiger partial charge is 0.493 e. The van der Waals surface area contributed by atoms with Crippen molar-refractivity contribution >= 4 is 17.5 Å². The highest BCUT2D eigenvalue weighted by Crippen LogP contribution is 2.36. The molecule has 3 rings (SSSR count). The highest BCUT2D eigenvalue weighted by Gasteiger charge is 2.24. The van der Waals surface area contributed by atoms with E-state index in [0.717, 1.165) is 36.1 Å². The number of nitrogens with zero attached hydrogens (tertiary/aromatic N) is 4. The van der Waals surface area contributed by atoms with Crippen molar-refractivity contribution in [1.82, 2.24) is 4.90 Å². The number of para-hydroxylation sites is 1. The number of halogens is 1. The van der Waals surface area contributed by atoms with E-state index in [9.17, 15) is 4.79 Å². The topological polar surface area (TPSA) is 78.3 Å². The van der Waals surface area contributed by atoms with Gasteiger partial charge in [-0.2, -0.15) is 0 Å². The molecule has 0 spiro atoms. The van der Waals surface area contributed by atoms with Crippen molar-refractivity contribution in [2.24, 2.45) is 17.0 Å². The number of likely N-dealkylation sites (tertiary alicyclic amines) is 1. The lowest BCUT2D eigenvalue weighted by atomic mass is 9.96. The molecular weight excluding hydrogens is 412 g/mol. The van der Waals surface area contributed by atoms with Crippen LogP contribution in [0.25, 0.3) is 21.6 Å². The molecule has 0 saturated carbocycles. The summed E-state index contributed by atoms with van der Waals surface area (Å²) in [6.45, 7) is 6.82. The number of hydrogen-bond acceptors (Lipinski definition) is 3. The second kappa shape index (κ2) is 11.1. The first-order chi connectivity index (χ1) is 15.0. The van der Waals surface area contributed by atoms with Crippen LogP contribution in [-0.4, -0.2) is 37.0 Å². The van der Waals surface area contributed by atoms with E-state index in [1.54, 1.807) is 6.07 Å². The van der Waals surface area contributed by atoms with E-state index in [-0.39, 0.29) is 5.91 Å². The van der Waals surface area contributed by atoms with Crippen molar-refractivity contribution in [2.45, 2.75) is 33.1 Å². The number of amides is 1. The van der Waals surface area contributed by atoms with Crippen LogP contribution in [0.2, 0.25) is 5.02 Å². The number of rotatable bonds is 8. The fourth-order valence-electron chi connectivity index (χ4n) is 3.74. The first-order valence-corrected chi connectivity index (χ1v) is 11.2. The molecule has 6 nitrogen and oxygen atoms in total. The molecule has 0 atom stereocenters. The fourth-order valence-corrected chi connectivity index (χ4v) is 4.02. The number of carbonyl (C=O) groups is 1. The Labute approximate surface area is 188 Å². The smallest absolute Gasteiger partial charge is 0.253 e. The average molecular weight is 441 g/mol. The quantitative estimate of drug-likeness (QED) is 0.263. The second-order valence-electron chi connectivity index (χ2n) is 8.37. The Kier molecular flexibility index (Phi) is 8.21. The van der Waals surface area contributed by atoms with Gasteiger partial charge in [0.25, 0.3) is 5.91 Å².